The van der Waals surface area contributed by atoms with Crippen molar-refractivity contribution in [2.45, 2.75) is 45.1 Å². The van der Waals surface area contributed by atoms with Gasteiger partial charge in [-0.05, 0) is 32.9 Å². The Labute approximate surface area is 179 Å². The van der Waals surface area contributed by atoms with Crippen LogP contribution in [0.25, 0.3) is 0 Å². The zero-order valence-corrected chi connectivity index (χ0v) is 18.0. The zero-order valence-electron chi connectivity index (χ0n) is 17.2. The van der Waals surface area contributed by atoms with Gasteiger partial charge >= 0.3 is 5.97 Å². The van der Waals surface area contributed by atoms with Gasteiger partial charge in [-0.2, -0.15) is 0 Å². The van der Waals surface area contributed by atoms with Gasteiger partial charge in [-0.25, -0.2) is 9.78 Å². The Bertz CT molecular complexity index is 897. The molecule has 0 aliphatic carbocycles. The van der Waals surface area contributed by atoms with Crippen LogP contribution in [0.1, 0.15) is 36.8 Å². The van der Waals surface area contributed by atoms with E-state index in [0.29, 0.717) is 16.5 Å². The summed E-state index contributed by atoms with van der Waals surface area (Å²) in [6, 6.07) is 6.58. The van der Waals surface area contributed by atoms with Crippen LogP contribution >= 0.6 is 11.8 Å². The largest absolute Gasteiger partial charge is 0.462 e. The molecule has 0 atom stereocenters. The molecule has 2 amide bonds. The highest BCUT2D eigenvalue weighted by molar-refractivity contribution is 7.99. The number of nitrogens with zero attached hydrogens (tertiary/aromatic N) is 2. The van der Waals surface area contributed by atoms with E-state index >= 15 is 0 Å². The molecule has 0 aliphatic heterocycles. The summed E-state index contributed by atoms with van der Waals surface area (Å²) in [5.41, 5.74) is 1.11. The van der Waals surface area contributed by atoms with Crippen molar-refractivity contribution in [2.75, 3.05) is 17.7 Å². The molecule has 0 saturated carbocycles. The van der Waals surface area contributed by atoms with Crippen LogP contribution in [0, 0.1) is 0 Å². The Morgan fingerprint density at radius 3 is 2.63 bits per heavy atom. The lowest BCUT2D eigenvalue weighted by atomic mass is 10.2. The molecular weight excluding hydrogens is 408 g/mol. The number of anilines is 1. The van der Waals surface area contributed by atoms with E-state index in [1.807, 2.05) is 13.8 Å². The minimum absolute atomic E-state index is 0.00480. The lowest BCUT2D eigenvalue weighted by molar-refractivity contribution is -0.122. The van der Waals surface area contributed by atoms with Crippen molar-refractivity contribution in [2.24, 2.45) is 0 Å². The smallest absolute Gasteiger partial charge is 0.340 e. The number of hydrogen-bond acceptors (Lipinski definition) is 7. The predicted octanol–water partition coefficient (Wildman–Crippen LogP) is 1.81. The van der Waals surface area contributed by atoms with Crippen LogP contribution in [-0.4, -0.2) is 50.8 Å². The number of thioether (sulfide) groups is 1. The van der Waals surface area contributed by atoms with Gasteiger partial charge in [-0.15, -0.1) is 0 Å². The minimum Gasteiger partial charge on any atom is -0.462 e. The molecule has 3 N–H and O–H groups in total. The van der Waals surface area contributed by atoms with Crippen LogP contribution in [-0.2, 0) is 27.5 Å². The summed E-state index contributed by atoms with van der Waals surface area (Å²) in [7, 11) is 0. The number of carbonyl (C=O) groups is 3. The van der Waals surface area contributed by atoms with Crippen LogP contribution in [0.5, 0.6) is 0 Å². The SMILES string of the molecule is CCOC(=O)c1ccccc1NC(=O)CSc1ncc(CO)n1CC(=O)NC(C)C. The summed E-state index contributed by atoms with van der Waals surface area (Å²) >= 11 is 1.13. The summed E-state index contributed by atoms with van der Waals surface area (Å²) in [4.78, 5) is 40.8. The van der Waals surface area contributed by atoms with E-state index in [0.717, 1.165) is 11.8 Å². The van der Waals surface area contributed by atoms with Gasteiger partial charge in [0.15, 0.2) is 5.16 Å². The molecular formula is C20H26N4O5S. The normalized spacial score (nSPS) is 10.7. The molecule has 10 heteroatoms. The number of amides is 2. The third kappa shape index (κ3) is 6.60. The fourth-order valence-corrected chi connectivity index (χ4v) is 3.41. The number of rotatable bonds is 10. The molecule has 2 rings (SSSR count). The molecule has 0 saturated heterocycles. The van der Waals surface area contributed by atoms with E-state index in [-0.39, 0.29) is 48.9 Å². The molecule has 1 heterocycles. The third-order valence-electron chi connectivity index (χ3n) is 3.84. The molecule has 0 fully saturated rings. The standard InChI is InChI=1S/C20H26N4O5S/c1-4-29-19(28)15-7-5-6-8-16(15)23-18(27)12-30-20-21-9-14(11-25)24(20)10-17(26)22-13(2)3/h5-9,13,25H,4,10-12H2,1-3H3,(H,22,26)(H,23,27). The summed E-state index contributed by atoms with van der Waals surface area (Å²) < 4.78 is 6.58. The van der Waals surface area contributed by atoms with Gasteiger partial charge in [0, 0.05) is 6.04 Å². The van der Waals surface area contributed by atoms with E-state index < -0.39 is 5.97 Å². The van der Waals surface area contributed by atoms with Gasteiger partial charge in [0.2, 0.25) is 11.8 Å². The van der Waals surface area contributed by atoms with Crippen molar-refractivity contribution in [3.63, 3.8) is 0 Å². The highest BCUT2D eigenvalue weighted by Gasteiger charge is 2.17. The van der Waals surface area contributed by atoms with Crippen LogP contribution in [0.3, 0.4) is 0 Å². The molecule has 2 aromatic rings. The highest BCUT2D eigenvalue weighted by Crippen LogP contribution is 2.21. The van der Waals surface area contributed by atoms with Crippen molar-refractivity contribution in [1.82, 2.24) is 14.9 Å². The number of imidazole rings is 1. The maximum atomic E-state index is 12.4. The molecule has 9 nitrogen and oxygen atoms in total. The molecule has 0 radical (unpaired) electrons. The number of esters is 1. The number of aliphatic hydroxyl groups is 1. The van der Waals surface area contributed by atoms with Gasteiger partial charge in [0.05, 0.1) is 42.1 Å². The van der Waals surface area contributed by atoms with Crippen LogP contribution in [0.15, 0.2) is 35.6 Å². The Hall–Kier alpha value is -2.85. The Kier molecular flexibility index (Phi) is 8.88. The number of aliphatic hydroxyl groups excluding tert-OH is 1. The molecule has 0 bridgehead atoms. The van der Waals surface area contributed by atoms with Crippen LogP contribution in [0.2, 0.25) is 0 Å². The van der Waals surface area contributed by atoms with Crippen molar-refractivity contribution in [1.29, 1.82) is 0 Å². The average Bonchev–Trinajstić information content (AvgIpc) is 3.07. The van der Waals surface area contributed by atoms with Gasteiger partial charge in [-0.3, -0.25) is 9.59 Å². The topological polar surface area (TPSA) is 123 Å². The maximum absolute atomic E-state index is 12.4. The number of carbonyl (C=O) groups excluding carboxylic acids is 3. The van der Waals surface area contributed by atoms with E-state index in [1.165, 1.54) is 6.20 Å². The molecule has 162 valence electrons. The highest BCUT2D eigenvalue weighted by atomic mass is 32.2. The third-order valence-corrected chi connectivity index (χ3v) is 4.83. The predicted molar refractivity (Wildman–Crippen MR) is 113 cm³/mol. The molecule has 1 aromatic carbocycles. The quantitative estimate of drug-likeness (QED) is 0.385. The fourth-order valence-electron chi connectivity index (χ4n) is 2.61. The van der Waals surface area contributed by atoms with E-state index in [4.69, 9.17) is 4.74 Å². The molecule has 1 aromatic heterocycles. The minimum atomic E-state index is -0.514. The number of nitrogens with one attached hydrogen (secondary N) is 2. The maximum Gasteiger partial charge on any atom is 0.340 e. The summed E-state index contributed by atoms with van der Waals surface area (Å²) in [6.07, 6.45) is 1.47. The number of benzene rings is 1. The van der Waals surface area contributed by atoms with Crippen molar-refractivity contribution in [3.8, 4) is 0 Å². The molecule has 0 unspecified atom stereocenters. The van der Waals surface area contributed by atoms with Crippen molar-refractivity contribution in [3.05, 3.63) is 41.7 Å². The van der Waals surface area contributed by atoms with Gasteiger partial charge in [-0.1, -0.05) is 23.9 Å². The Balaban J connectivity index is 2.04. The van der Waals surface area contributed by atoms with Crippen molar-refractivity contribution < 1.29 is 24.2 Å². The van der Waals surface area contributed by atoms with E-state index in [1.54, 1.807) is 35.8 Å². The number of hydrogen-bond donors (Lipinski definition) is 3. The van der Waals surface area contributed by atoms with Gasteiger partial charge in [0.25, 0.3) is 0 Å². The second kappa shape index (κ2) is 11.4. The fraction of sp³-hybridized carbons (Fsp3) is 0.400. The summed E-state index contributed by atoms with van der Waals surface area (Å²) in [5.74, 6) is -1.07. The van der Waals surface area contributed by atoms with E-state index in [2.05, 4.69) is 15.6 Å². The molecule has 0 spiro atoms. The molecule has 30 heavy (non-hydrogen) atoms. The first-order valence-corrected chi connectivity index (χ1v) is 10.5. The lowest BCUT2D eigenvalue weighted by Crippen LogP contribution is -2.33. The van der Waals surface area contributed by atoms with Gasteiger partial charge < -0.3 is 25.0 Å². The Morgan fingerprint density at radius 1 is 1.23 bits per heavy atom. The summed E-state index contributed by atoms with van der Waals surface area (Å²) in [5, 5.41) is 15.4. The number of para-hydroxylation sites is 1. The van der Waals surface area contributed by atoms with E-state index in [9.17, 15) is 19.5 Å². The number of ether oxygens (including phenoxy) is 1. The van der Waals surface area contributed by atoms with Crippen LogP contribution in [0.4, 0.5) is 5.69 Å². The monoisotopic (exact) mass is 434 g/mol. The first-order chi connectivity index (χ1) is 14.3. The zero-order chi connectivity index (χ0) is 22.1. The second-order valence-electron chi connectivity index (χ2n) is 6.60. The van der Waals surface area contributed by atoms with Gasteiger partial charge in [0.1, 0.15) is 6.54 Å². The van der Waals surface area contributed by atoms with Crippen molar-refractivity contribution >= 4 is 35.2 Å². The van der Waals surface area contributed by atoms with Crippen LogP contribution < -0.4 is 10.6 Å². The Morgan fingerprint density at radius 2 is 1.97 bits per heavy atom. The lowest BCUT2D eigenvalue weighted by Gasteiger charge is -2.13. The summed E-state index contributed by atoms with van der Waals surface area (Å²) in [6.45, 7) is 5.36. The number of aromatic nitrogens is 2. The average molecular weight is 435 g/mol. The first-order valence-electron chi connectivity index (χ1n) is 9.49. The molecule has 0 aliphatic rings. The second-order valence-corrected chi connectivity index (χ2v) is 7.54. The first kappa shape index (κ1) is 23.4.